The van der Waals surface area contributed by atoms with Gasteiger partial charge in [-0.05, 0) is 51.2 Å². The van der Waals surface area contributed by atoms with Crippen LogP contribution in [0.25, 0.3) is 11.4 Å². The lowest BCUT2D eigenvalue weighted by atomic mass is 9.99. The van der Waals surface area contributed by atoms with E-state index in [0.29, 0.717) is 0 Å². The Labute approximate surface area is 119 Å². The van der Waals surface area contributed by atoms with Crippen LogP contribution >= 0.6 is 0 Å². The Hall–Kier alpha value is -1.94. The van der Waals surface area contributed by atoms with Crippen molar-refractivity contribution in [3.05, 3.63) is 40.1 Å². The highest BCUT2D eigenvalue weighted by Gasteiger charge is 2.20. The van der Waals surface area contributed by atoms with Crippen molar-refractivity contribution < 1.29 is 0 Å². The number of hydrogen-bond donors (Lipinski definition) is 2. The lowest BCUT2D eigenvalue weighted by Crippen LogP contribution is -2.13. The average molecular weight is 268 g/mol. The summed E-state index contributed by atoms with van der Waals surface area (Å²) in [7, 11) is 0. The highest BCUT2D eigenvalue weighted by molar-refractivity contribution is 5.67. The van der Waals surface area contributed by atoms with Gasteiger partial charge < -0.3 is 5.43 Å². The molecule has 3 rings (SSSR count). The number of hydrazine groups is 1. The van der Waals surface area contributed by atoms with Gasteiger partial charge in [0.25, 0.3) is 0 Å². The number of nitrogens with zero attached hydrogens (tertiary/aromatic N) is 2. The first-order chi connectivity index (χ1) is 9.60. The molecule has 1 aliphatic rings. The molecule has 0 amide bonds. The van der Waals surface area contributed by atoms with Crippen LogP contribution < -0.4 is 11.3 Å². The van der Waals surface area contributed by atoms with E-state index in [1.165, 1.54) is 22.3 Å². The fourth-order valence-corrected chi connectivity index (χ4v) is 3.20. The predicted octanol–water partition coefficient (Wildman–Crippen LogP) is 2.84. The van der Waals surface area contributed by atoms with Crippen molar-refractivity contribution in [2.45, 2.75) is 40.0 Å². The van der Waals surface area contributed by atoms with Crippen LogP contribution in [-0.4, -0.2) is 9.97 Å². The fraction of sp³-hybridized carbons (Fsp3) is 0.375. The first kappa shape index (κ1) is 13.1. The maximum atomic E-state index is 5.63. The Morgan fingerprint density at radius 3 is 2.40 bits per heavy atom. The molecule has 4 heteroatoms. The summed E-state index contributed by atoms with van der Waals surface area (Å²) >= 11 is 0. The van der Waals surface area contributed by atoms with Gasteiger partial charge in [0.1, 0.15) is 5.82 Å². The average Bonchev–Trinajstić information content (AvgIpc) is 2.84. The number of anilines is 1. The molecule has 1 aliphatic carbocycles. The van der Waals surface area contributed by atoms with E-state index in [4.69, 9.17) is 10.8 Å². The number of nitrogens with one attached hydrogen (secondary N) is 1. The van der Waals surface area contributed by atoms with Crippen molar-refractivity contribution in [2.24, 2.45) is 5.84 Å². The third kappa shape index (κ3) is 2.06. The molecule has 1 aromatic heterocycles. The lowest BCUT2D eigenvalue weighted by molar-refractivity contribution is 0.899. The number of aromatic nitrogens is 2. The van der Waals surface area contributed by atoms with Gasteiger partial charge in [-0.15, -0.1) is 0 Å². The van der Waals surface area contributed by atoms with Crippen LogP contribution in [0.3, 0.4) is 0 Å². The van der Waals surface area contributed by atoms with Gasteiger partial charge in [0.05, 0.1) is 0 Å². The molecule has 3 N–H and O–H groups in total. The topological polar surface area (TPSA) is 63.8 Å². The molecular weight excluding hydrogens is 248 g/mol. The second-order valence-corrected chi connectivity index (χ2v) is 5.59. The fourth-order valence-electron chi connectivity index (χ4n) is 3.20. The molecule has 20 heavy (non-hydrogen) atoms. The zero-order chi connectivity index (χ0) is 14.3. The Kier molecular flexibility index (Phi) is 3.18. The largest absolute Gasteiger partial charge is 0.308 e. The summed E-state index contributed by atoms with van der Waals surface area (Å²) in [4.78, 5) is 9.41. The number of hydrogen-bond acceptors (Lipinski definition) is 4. The Bertz CT molecular complexity index is 653. The highest BCUT2D eigenvalue weighted by atomic mass is 15.3. The molecule has 4 nitrogen and oxygen atoms in total. The Morgan fingerprint density at radius 1 is 1.05 bits per heavy atom. The predicted molar refractivity (Wildman–Crippen MR) is 81.5 cm³/mol. The van der Waals surface area contributed by atoms with Gasteiger partial charge in [-0.1, -0.05) is 17.7 Å². The summed E-state index contributed by atoms with van der Waals surface area (Å²) in [6, 6.07) is 4.35. The van der Waals surface area contributed by atoms with E-state index >= 15 is 0 Å². The van der Waals surface area contributed by atoms with Gasteiger partial charge >= 0.3 is 0 Å². The van der Waals surface area contributed by atoms with Crippen molar-refractivity contribution in [3.8, 4) is 11.4 Å². The van der Waals surface area contributed by atoms with Crippen molar-refractivity contribution in [1.82, 2.24) is 9.97 Å². The summed E-state index contributed by atoms with van der Waals surface area (Å²) < 4.78 is 0. The zero-order valence-electron chi connectivity index (χ0n) is 12.2. The molecular formula is C16H20N4. The van der Waals surface area contributed by atoms with Crippen LogP contribution in [0, 0.1) is 20.8 Å². The first-order valence-corrected chi connectivity index (χ1v) is 7.04. The van der Waals surface area contributed by atoms with Crippen LogP contribution in [0.2, 0.25) is 0 Å². The minimum absolute atomic E-state index is 0.780. The minimum Gasteiger partial charge on any atom is -0.308 e. The van der Waals surface area contributed by atoms with Crippen molar-refractivity contribution in [3.63, 3.8) is 0 Å². The molecule has 0 atom stereocenters. The molecule has 0 unspecified atom stereocenters. The molecule has 0 spiro atoms. The summed E-state index contributed by atoms with van der Waals surface area (Å²) in [5.41, 5.74) is 9.87. The number of nitrogen functional groups attached to an aromatic ring is 1. The number of aryl methyl sites for hydroxylation is 4. The maximum absolute atomic E-state index is 5.63. The standard InChI is InChI=1S/C16H20N4/c1-9-7-10(2)14(11(3)8-9)16-18-13-6-4-5-12(13)15(19-16)20-17/h7-8H,4-6,17H2,1-3H3,(H,18,19,20). The third-order valence-corrected chi connectivity index (χ3v) is 3.97. The molecule has 104 valence electrons. The second kappa shape index (κ2) is 4.87. The molecule has 0 fully saturated rings. The Morgan fingerprint density at radius 2 is 1.75 bits per heavy atom. The smallest absolute Gasteiger partial charge is 0.162 e. The van der Waals surface area contributed by atoms with E-state index < -0.39 is 0 Å². The second-order valence-electron chi connectivity index (χ2n) is 5.59. The van der Waals surface area contributed by atoms with Crippen LogP contribution in [0.15, 0.2) is 12.1 Å². The molecule has 0 radical (unpaired) electrons. The zero-order valence-corrected chi connectivity index (χ0v) is 12.2. The van der Waals surface area contributed by atoms with E-state index in [1.54, 1.807) is 0 Å². The third-order valence-electron chi connectivity index (χ3n) is 3.97. The van der Waals surface area contributed by atoms with Crippen LogP contribution in [0.5, 0.6) is 0 Å². The Balaban J connectivity index is 2.21. The normalized spacial score (nSPS) is 13.4. The van der Waals surface area contributed by atoms with Gasteiger partial charge in [-0.25, -0.2) is 15.8 Å². The van der Waals surface area contributed by atoms with E-state index in [0.717, 1.165) is 42.2 Å². The lowest BCUT2D eigenvalue weighted by Gasteiger charge is -2.13. The van der Waals surface area contributed by atoms with Crippen molar-refractivity contribution >= 4 is 5.82 Å². The van der Waals surface area contributed by atoms with Crippen molar-refractivity contribution in [2.75, 3.05) is 5.43 Å². The molecule has 0 aliphatic heterocycles. The van der Waals surface area contributed by atoms with Crippen LogP contribution in [0.4, 0.5) is 5.82 Å². The SMILES string of the molecule is Cc1cc(C)c(-c2nc3c(c(NN)n2)CCC3)c(C)c1. The summed E-state index contributed by atoms with van der Waals surface area (Å²) in [6.45, 7) is 6.34. The number of nitrogens with two attached hydrogens (primary N) is 1. The summed E-state index contributed by atoms with van der Waals surface area (Å²) in [5.74, 6) is 7.20. The monoisotopic (exact) mass is 268 g/mol. The highest BCUT2D eigenvalue weighted by Crippen LogP contribution is 2.31. The molecule has 1 heterocycles. The van der Waals surface area contributed by atoms with Gasteiger partial charge in [-0.3, -0.25) is 0 Å². The van der Waals surface area contributed by atoms with Gasteiger partial charge in [0, 0.05) is 16.8 Å². The van der Waals surface area contributed by atoms with E-state index in [1.807, 2.05) is 0 Å². The minimum atomic E-state index is 0.780. The summed E-state index contributed by atoms with van der Waals surface area (Å²) in [6.07, 6.45) is 3.17. The van der Waals surface area contributed by atoms with Gasteiger partial charge in [0.2, 0.25) is 0 Å². The van der Waals surface area contributed by atoms with Gasteiger partial charge in [-0.2, -0.15) is 0 Å². The quantitative estimate of drug-likeness (QED) is 0.649. The van der Waals surface area contributed by atoms with Crippen LogP contribution in [0.1, 0.15) is 34.4 Å². The number of rotatable bonds is 2. The first-order valence-electron chi connectivity index (χ1n) is 7.04. The van der Waals surface area contributed by atoms with Crippen LogP contribution in [-0.2, 0) is 12.8 Å². The molecule has 1 aromatic carbocycles. The van der Waals surface area contributed by atoms with E-state index in [9.17, 15) is 0 Å². The van der Waals surface area contributed by atoms with E-state index in [2.05, 4.69) is 43.3 Å². The van der Waals surface area contributed by atoms with Crippen molar-refractivity contribution in [1.29, 1.82) is 0 Å². The molecule has 0 bridgehead atoms. The maximum Gasteiger partial charge on any atom is 0.162 e. The van der Waals surface area contributed by atoms with Gasteiger partial charge in [0.15, 0.2) is 5.82 Å². The summed E-state index contributed by atoms with van der Waals surface area (Å²) in [5, 5.41) is 0. The number of fused-ring (bicyclic) bond motifs is 1. The molecule has 0 saturated heterocycles. The molecule has 2 aromatic rings. The number of benzene rings is 1. The van der Waals surface area contributed by atoms with E-state index in [-0.39, 0.29) is 0 Å². The molecule has 0 saturated carbocycles.